The van der Waals surface area contributed by atoms with Crippen LogP contribution in [0.5, 0.6) is 5.75 Å². The van der Waals surface area contributed by atoms with Crippen molar-refractivity contribution in [2.75, 3.05) is 11.6 Å². The number of thioether (sulfide) groups is 1. The predicted molar refractivity (Wildman–Crippen MR) is 87.2 cm³/mol. The van der Waals surface area contributed by atoms with E-state index in [9.17, 15) is 13.6 Å². The van der Waals surface area contributed by atoms with E-state index in [1.165, 1.54) is 6.07 Å². The van der Waals surface area contributed by atoms with E-state index in [-0.39, 0.29) is 12.3 Å². The van der Waals surface area contributed by atoms with Gasteiger partial charge in [-0.1, -0.05) is 24.3 Å². The number of nitrogens with one attached hydrogen (secondary N) is 2. The van der Waals surface area contributed by atoms with Crippen molar-refractivity contribution in [3.8, 4) is 5.75 Å². The standard InChI is InChI=1S/C16H16F2N2O2S/c1-23-13-7-4-6-12(9-13)20-16(21)19-10-11-5-2-3-8-14(11)22-15(17)18/h2-9,15H,10H2,1H3,(H2,19,20,21). The van der Waals surface area contributed by atoms with Crippen molar-refractivity contribution in [3.05, 3.63) is 54.1 Å². The van der Waals surface area contributed by atoms with E-state index in [1.807, 2.05) is 24.5 Å². The van der Waals surface area contributed by atoms with Crippen molar-refractivity contribution in [2.24, 2.45) is 0 Å². The number of alkyl halides is 2. The minimum absolute atomic E-state index is 0.0483. The Morgan fingerprint density at radius 2 is 2.00 bits per heavy atom. The Morgan fingerprint density at radius 3 is 2.74 bits per heavy atom. The van der Waals surface area contributed by atoms with Crippen molar-refractivity contribution >= 4 is 23.5 Å². The maximum Gasteiger partial charge on any atom is 0.387 e. The number of halogens is 2. The second-order valence-corrected chi connectivity index (χ2v) is 5.41. The summed E-state index contributed by atoms with van der Waals surface area (Å²) in [6.07, 6.45) is 1.94. The Balaban J connectivity index is 1.94. The molecule has 0 aliphatic rings. The molecule has 2 N–H and O–H groups in total. The molecule has 2 aromatic rings. The molecular formula is C16H16F2N2O2S. The number of rotatable bonds is 6. The van der Waals surface area contributed by atoms with Crippen LogP contribution >= 0.6 is 11.8 Å². The molecule has 4 nitrogen and oxygen atoms in total. The highest BCUT2D eigenvalue weighted by Gasteiger charge is 2.10. The van der Waals surface area contributed by atoms with Crippen LogP contribution in [0.4, 0.5) is 19.3 Å². The Kier molecular flexibility index (Phi) is 6.22. The molecule has 23 heavy (non-hydrogen) atoms. The highest BCUT2D eigenvalue weighted by molar-refractivity contribution is 7.98. The van der Waals surface area contributed by atoms with Gasteiger partial charge in [0, 0.05) is 22.7 Å². The van der Waals surface area contributed by atoms with Crippen LogP contribution in [0.15, 0.2) is 53.4 Å². The summed E-state index contributed by atoms with van der Waals surface area (Å²) < 4.78 is 29.1. The van der Waals surface area contributed by atoms with Crippen molar-refractivity contribution in [1.29, 1.82) is 0 Å². The minimum atomic E-state index is -2.90. The summed E-state index contributed by atoms with van der Waals surface area (Å²) in [6, 6.07) is 13.3. The average molecular weight is 338 g/mol. The monoisotopic (exact) mass is 338 g/mol. The Labute approximate surface area is 137 Å². The van der Waals surface area contributed by atoms with E-state index in [4.69, 9.17) is 0 Å². The quantitative estimate of drug-likeness (QED) is 0.771. The van der Waals surface area contributed by atoms with Crippen LogP contribution in [0.3, 0.4) is 0 Å². The highest BCUT2D eigenvalue weighted by Crippen LogP contribution is 2.21. The van der Waals surface area contributed by atoms with Gasteiger partial charge in [-0.15, -0.1) is 11.8 Å². The maximum absolute atomic E-state index is 12.3. The second-order valence-electron chi connectivity index (χ2n) is 4.53. The number of amides is 2. The third kappa shape index (κ3) is 5.45. The van der Waals surface area contributed by atoms with E-state index in [0.717, 1.165) is 4.90 Å². The molecule has 2 aromatic carbocycles. The van der Waals surface area contributed by atoms with Gasteiger partial charge >= 0.3 is 12.6 Å². The minimum Gasteiger partial charge on any atom is -0.434 e. The molecule has 0 aliphatic heterocycles. The van der Waals surface area contributed by atoms with E-state index in [0.29, 0.717) is 11.3 Å². The van der Waals surface area contributed by atoms with Crippen LogP contribution in [0.25, 0.3) is 0 Å². The number of hydrogen-bond donors (Lipinski definition) is 2. The number of carbonyl (C=O) groups excluding carboxylic acids is 1. The molecule has 0 spiro atoms. The van der Waals surface area contributed by atoms with Gasteiger partial charge in [-0.05, 0) is 30.5 Å². The largest absolute Gasteiger partial charge is 0.434 e. The van der Waals surface area contributed by atoms with Gasteiger partial charge in [0.1, 0.15) is 5.75 Å². The smallest absolute Gasteiger partial charge is 0.387 e. The van der Waals surface area contributed by atoms with Gasteiger partial charge in [0.15, 0.2) is 0 Å². The van der Waals surface area contributed by atoms with Crippen molar-refractivity contribution < 1.29 is 18.3 Å². The van der Waals surface area contributed by atoms with Crippen molar-refractivity contribution in [1.82, 2.24) is 5.32 Å². The third-order valence-electron chi connectivity index (χ3n) is 2.96. The lowest BCUT2D eigenvalue weighted by molar-refractivity contribution is -0.0504. The van der Waals surface area contributed by atoms with Crippen molar-refractivity contribution in [2.45, 2.75) is 18.1 Å². The highest BCUT2D eigenvalue weighted by atomic mass is 32.2. The number of para-hydroxylation sites is 1. The lowest BCUT2D eigenvalue weighted by Crippen LogP contribution is -2.28. The molecule has 0 saturated heterocycles. The van der Waals surface area contributed by atoms with Crippen LogP contribution in [-0.2, 0) is 6.54 Å². The molecule has 0 saturated carbocycles. The number of ether oxygens (including phenoxy) is 1. The second kappa shape index (κ2) is 8.38. The van der Waals surface area contributed by atoms with Gasteiger partial charge < -0.3 is 15.4 Å². The lowest BCUT2D eigenvalue weighted by Gasteiger charge is -2.12. The number of hydrogen-bond acceptors (Lipinski definition) is 3. The summed E-state index contributed by atoms with van der Waals surface area (Å²) >= 11 is 1.57. The van der Waals surface area contributed by atoms with Gasteiger partial charge in [-0.2, -0.15) is 8.78 Å². The van der Waals surface area contributed by atoms with Crippen LogP contribution in [-0.4, -0.2) is 18.9 Å². The van der Waals surface area contributed by atoms with Crippen molar-refractivity contribution in [3.63, 3.8) is 0 Å². The zero-order valence-electron chi connectivity index (χ0n) is 12.4. The fraction of sp³-hybridized carbons (Fsp3) is 0.188. The Hall–Kier alpha value is -2.28. The number of urea groups is 1. The molecule has 2 rings (SSSR count). The molecule has 122 valence electrons. The first kappa shape index (κ1) is 17.1. The van der Waals surface area contributed by atoms with Gasteiger partial charge in [0.25, 0.3) is 0 Å². The molecule has 2 amide bonds. The van der Waals surface area contributed by atoms with E-state index in [1.54, 1.807) is 36.0 Å². The number of benzene rings is 2. The van der Waals surface area contributed by atoms with Gasteiger partial charge in [-0.25, -0.2) is 4.79 Å². The normalized spacial score (nSPS) is 10.4. The Morgan fingerprint density at radius 1 is 1.22 bits per heavy atom. The van der Waals surface area contributed by atoms with Crippen LogP contribution in [0.1, 0.15) is 5.56 Å². The molecule has 0 aromatic heterocycles. The molecule has 0 atom stereocenters. The summed E-state index contributed by atoms with van der Waals surface area (Å²) in [6.45, 7) is -2.82. The number of anilines is 1. The zero-order chi connectivity index (χ0) is 16.7. The van der Waals surface area contributed by atoms with Crippen LogP contribution in [0, 0.1) is 0 Å². The molecule has 7 heteroatoms. The topological polar surface area (TPSA) is 50.4 Å². The summed E-state index contributed by atoms with van der Waals surface area (Å²) in [5.41, 5.74) is 1.13. The molecule has 0 heterocycles. The van der Waals surface area contributed by atoms with E-state index >= 15 is 0 Å². The third-order valence-corrected chi connectivity index (χ3v) is 3.68. The first-order chi connectivity index (χ1) is 11.1. The fourth-order valence-corrected chi connectivity index (χ4v) is 2.37. The molecule has 0 aliphatic carbocycles. The average Bonchev–Trinajstić information content (AvgIpc) is 2.53. The summed E-state index contributed by atoms with van der Waals surface area (Å²) in [4.78, 5) is 12.9. The zero-order valence-corrected chi connectivity index (χ0v) is 13.2. The predicted octanol–water partition coefficient (Wildman–Crippen LogP) is 4.33. The molecule has 0 fully saturated rings. The number of carbonyl (C=O) groups is 1. The van der Waals surface area contributed by atoms with Crippen LogP contribution < -0.4 is 15.4 Å². The Bertz CT molecular complexity index is 668. The summed E-state index contributed by atoms with van der Waals surface area (Å²) in [5.74, 6) is 0.0483. The maximum atomic E-state index is 12.3. The molecular weight excluding hydrogens is 322 g/mol. The van der Waals surface area contributed by atoms with Gasteiger partial charge in [0.05, 0.1) is 0 Å². The van der Waals surface area contributed by atoms with E-state index in [2.05, 4.69) is 15.4 Å². The van der Waals surface area contributed by atoms with E-state index < -0.39 is 12.6 Å². The first-order valence-electron chi connectivity index (χ1n) is 6.80. The van der Waals surface area contributed by atoms with Crippen LogP contribution in [0.2, 0.25) is 0 Å². The lowest BCUT2D eigenvalue weighted by atomic mass is 10.2. The van der Waals surface area contributed by atoms with Gasteiger partial charge in [0.2, 0.25) is 0 Å². The fourth-order valence-electron chi connectivity index (χ4n) is 1.91. The molecule has 0 unspecified atom stereocenters. The first-order valence-corrected chi connectivity index (χ1v) is 8.02. The van der Waals surface area contributed by atoms with Gasteiger partial charge in [-0.3, -0.25) is 0 Å². The molecule has 0 bridgehead atoms. The SMILES string of the molecule is CSc1cccc(NC(=O)NCc2ccccc2OC(F)F)c1. The molecule has 0 radical (unpaired) electrons. The summed E-state index contributed by atoms with van der Waals surface area (Å²) in [5, 5.41) is 5.31. The summed E-state index contributed by atoms with van der Waals surface area (Å²) in [7, 11) is 0.